The summed E-state index contributed by atoms with van der Waals surface area (Å²) in [4.78, 5) is 17.4. The van der Waals surface area contributed by atoms with E-state index < -0.39 is 0 Å². The fraction of sp³-hybridized carbons (Fsp3) is 0.125. The first kappa shape index (κ1) is 21.9. The number of hydrogen-bond donors (Lipinski definition) is 0. The molecule has 7 nitrogen and oxygen atoms in total. The third-order valence-electron chi connectivity index (χ3n) is 5.08. The SMILES string of the molecule is Cc1nc2ccc(Br)cc2c(=O)n1N=Cc1ccc(OCc2ccc3c(c2)OCO3)c(I)c1. The van der Waals surface area contributed by atoms with Gasteiger partial charge in [-0.05, 0) is 89.2 Å². The second kappa shape index (κ2) is 9.14. The fourth-order valence-corrected chi connectivity index (χ4v) is 4.48. The van der Waals surface area contributed by atoms with E-state index >= 15 is 0 Å². The van der Waals surface area contributed by atoms with E-state index in [1.165, 1.54) is 4.68 Å². The van der Waals surface area contributed by atoms with Crippen molar-refractivity contribution in [2.24, 2.45) is 5.10 Å². The molecule has 0 bridgehead atoms. The molecule has 0 radical (unpaired) electrons. The smallest absolute Gasteiger partial charge is 0.282 e. The topological polar surface area (TPSA) is 74.9 Å². The van der Waals surface area contributed by atoms with Gasteiger partial charge in [-0.15, -0.1) is 0 Å². The van der Waals surface area contributed by atoms with Crippen LogP contribution in [0.25, 0.3) is 10.9 Å². The van der Waals surface area contributed by atoms with Crippen LogP contribution in [0, 0.1) is 10.5 Å². The summed E-state index contributed by atoms with van der Waals surface area (Å²) in [5, 5.41) is 4.89. The second-order valence-electron chi connectivity index (χ2n) is 7.35. The molecule has 5 rings (SSSR count). The molecule has 0 fully saturated rings. The van der Waals surface area contributed by atoms with Gasteiger partial charge < -0.3 is 14.2 Å². The van der Waals surface area contributed by atoms with Crippen molar-refractivity contribution in [1.82, 2.24) is 9.66 Å². The van der Waals surface area contributed by atoms with E-state index in [1.807, 2.05) is 48.5 Å². The van der Waals surface area contributed by atoms with E-state index in [0.717, 1.165) is 36.4 Å². The predicted octanol–water partition coefficient (Wildman–Crippen LogP) is 5.26. The zero-order chi connectivity index (χ0) is 22.9. The zero-order valence-electron chi connectivity index (χ0n) is 17.4. The molecule has 0 unspecified atom stereocenters. The van der Waals surface area contributed by atoms with E-state index in [-0.39, 0.29) is 12.4 Å². The van der Waals surface area contributed by atoms with Gasteiger partial charge in [0, 0.05) is 4.47 Å². The maximum absolute atomic E-state index is 12.9. The lowest BCUT2D eigenvalue weighted by Crippen LogP contribution is -2.20. The van der Waals surface area contributed by atoms with Crippen molar-refractivity contribution in [3.8, 4) is 17.2 Å². The minimum atomic E-state index is -0.214. The van der Waals surface area contributed by atoms with Gasteiger partial charge in [-0.3, -0.25) is 4.79 Å². The molecular weight excluding hydrogens is 601 g/mol. The molecule has 33 heavy (non-hydrogen) atoms. The molecule has 1 aliphatic heterocycles. The van der Waals surface area contributed by atoms with Crippen LogP contribution in [0.2, 0.25) is 0 Å². The van der Waals surface area contributed by atoms with Crippen LogP contribution >= 0.6 is 38.5 Å². The van der Waals surface area contributed by atoms with E-state index in [0.29, 0.717) is 23.3 Å². The summed E-state index contributed by atoms with van der Waals surface area (Å²) in [5.41, 5.74) is 2.26. The molecule has 1 aliphatic rings. The number of fused-ring (bicyclic) bond motifs is 2. The first-order chi connectivity index (χ1) is 16.0. The van der Waals surface area contributed by atoms with Crippen LogP contribution in [0.4, 0.5) is 0 Å². The molecule has 9 heteroatoms. The normalized spacial score (nSPS) is 12.6. The Balaban J connectivity index is 1.34. The highest BCUT2D eigenvalue weighted by Crippen LogP contribution is 2.33. The maximum atomic E-state index is 12.9. The Morgan fingerprint density at radius 3 is 2.85 bits per heavy atom. The van der Waals surface area contributed by atoms with Crippen LogP contribution in [-0.4, -0.2) is 22.7 Å². The maximum Gasteiger partial charge on any atom is 0.282 e. The molecule has 0 spiro atoms. The quantitative estimate of drug-likeness (QED) is 0.226. The monoisotopic (exact) mass is 617 g/mol. The Kier molecular flexibility index (Phi) is 6.07. The molecule has 2 heterocycles. The third kappa shape index (κ3) is 4.60. The average molecular weight is 618 g/mol. The molecule has 0 N–H and O–H groups in total. The molecule has 0 saturated carbocycles. The minimum absolute atomic E-state index is 0.214. The van der Waals surface area contributed by atoms with Gasteiger partial charge >= 0.3 is 0 Å². The minimum Gasteiger partial charge on any atom is -0.488 e. The summed E-state index contributed by atoms with van der Waals surface area (Å²) >= 11 is 5.63. The van der Waals surface area contributed by atoms with Gasteiger partial charge in [-0.25, -0.2) is 4.98 Å². The molecule has 0 amide bonds. The largest absolute Gasteiger partial charge is 0.488 e. The summed E-state index contributed by atoms with van der Waals surface area (Å²) in [6.07, 6.45) is 1.64. The Labute approximate surface area is 211 Å². The van der Waals surface area contributed by atoms with E-state index in [9.17, 15) is 4.79 Å². The Hall–Kier alpha value is -2.92. The molecule has 166 valence electrons. The van der Waals surface area contributed by atoms with Crippen molar-refractivity contribution < 1.29 is 14.2 Å². The van der Waals surface area contributed by atoms with E-state index in [2.05, 4.69) is 48.6 Å². The first-order valence-electron chi connectivity index (χ1n) is 10.0. The zero-order valence-corrected chi connectivity index (χ0v) is 21.2. The van der Waals surface area contributed by atoms with Crippen LogP contribution in [0.15, 0.2) is 69.0 Å². The lowest BCUT2D eigenvalue weighted by atomic mass is 10.2. The molecule has 1 aromatic heterocycles. The van der Waals surface area contributed by atoms with Gasteiger partial charge in [-0.2, -0.15) is 9.78 Å². The van der Waals surface area contributed by atoms with Crippen LogP contribution in [0.5, 0.6) is 17.2 Å². The third-order valence-corrected chi connectivity index (χ3v) is 6.42. The number of halogens is 2. The van der Waals surface area contributed by atoms with Gasteiger partial charge in [0.25, 0.3) is 5.56 Å². The van der Waals surface area contributed by atoms with E-state index in [1.54, 1.807) is 19.2 Å². The van der Waals surface area contributed by atoms with Crippen molar-refractivity contribution in [3.05, 3.63) is 89.9 Å². The summed E-state index contributed by atoms with van der Waals surface area (Å²) in [5.74, 6) is 2.76. The lowest BCUT2D eigenvalue weighted by Gasteiger charge is -2.10. The molecule has 4 aromatic rings. The van der Waals surface area contributed by atoms with Crippen molar-refractivity contribution in [3.63, 3.8) is 0 Å². The van der Waals surface area contributed by atoms with E-state index in [4.69, 9.17) is 14.2 Å². The number of rotatable bonds is 5. The van der Waals surface area contributed by atoms with Gasteiger partial charge in [0.05, 0.1) is 20.7 Å². The number of ether oxygens (including phenoxy) is 3. The number of hydrogen-bond acceptors (Lipinski definition) is 6. The highest BCUT2D eigenvalue weighted by molar-refractivity contribution is 14.1. The number of nitrogens with zero attached hydrogens (tertiary/aromatic N) is 3. The summed E-state index contributed by atoms with van der Waals surface area (Å²) in [7, 11) is 0. The molecule has 0 saturated heterocycles. The number of aryl methyl sites for hydroxylation is 1. The van der Waals surface area contributed by atoms with Gasteiger partial charge in [-0.1, -0.05) is 22.0 Å². The van der Waals surface area contributed by atoms with Crippen LogP contribution in [-0.2, 0) is 6.61 Å². The highest BCUT2D eigenvalue weighted by atomic mass is 127. The Bertz CT molecular complexity index is 1470. The average Bonchev–Trinajstić information content (AvgIpc) is 3.27. The Morgan fingerprint density at radius 1 is 1.15 bits per heavy atom. The van der Waals surface area contributed by atoms with Crippen molar-refractivity contribution in [1.29, 1.82) is 0 Å². The van der Waals surface area contributed by atoms with Crippen molar-refractivity contribution in [2.75, 3.05) is 6.79 Å². The van der Waals surface area contributed by atoms with Gasteiger partial charge in [0.2, 0.25) is 6.79 Å². The van der Waals surface area contributed by atoms with Gasteiger partial charge in [0.1, 0.15) is 18.2 Å². The summed E-state index contributed by atoms with van der Waals surface area (Å²) in [6, 6.07) is 16.9. The summed E-state index contributed by atoms with van der Waals surface area (Å²) in [6.45, 7) is 2.42. The lowest BCUT2D eigenvalue weighted by molar-refractivity contribution is 0.174. The summed E-state index contributed by atoms with van der Waals surface area (Å²) < 4.78 is 19.8. The molecule has 0 aliphatic carbocycles. The van der Waals surface area contributed by atoms with Crippen molar-refractivity contribution in [2.45, 2.75) is 13.5 Å². The number of benzene rings is 3. The van der Waals surface area contributed by atoms with Crippen LogP contribution in [0.1, 0.15) is 17.0 Å². The van der Waals surface area contributed by atoms with Crippen molar-refractivity contribution >= 4 is 55.6 Å². The molecule has 0 atom stereocenters. The highest BCUT2D eigenvalue weighted by Gasteiger charge is 2.13. The molecule has 3 aromatic carbocycles. The second-order valence-corrected chi connectivity index (χ2v) is 9.43. The number of aromatic nitrogens is 2. The van der Waals surface area contributed by atoms with Crippen LogP contribution < -0.4 is 19.8 Å². The standard InChI is InChI=1S/C24H17BrIN3O4/c1-14-28-20-5-4-17(25)10-18(20)24(30)29(14)27-11-15-2-6-21(19(26)8-15)31-12-16-3-7-22-23(9-16)33-13-32-22/h2-11H,12-13H2,1H3. The first-order valence-corrected chi connectivity index (χ1v) is 11.9. The Morgan fingerprint density at radius 2 is 2.00 bits per heavy atom. The fourth-order valence-electron chi connectivity index (χ4n) is 3.43. The molecular formula is C24H17BrIN3O4. The predicted molar refractivity (Wildman–Crippen MR) is 137 cm³/mol. The van der Waals surface area contributed by atoms with Gasteiger partial charge in [0.15, 0.2) is 11.5 Å². The van der Waals surface area contributed by atoms with Crippen LogP contribution in [0.3, 0.4) is 0 Å².